The van der Waals surface area contributed by atoms with Gasteiger partial charge in [-0.2, -0.15) is 0 Å². The molecule has 1 aromatic rings. The average Bonchev–Trinajstić information content (AvgIpc) is 3.31. The fourth-order valence-electron chi connectivity index (χ4n) is 4.44. The third kappa shape index (κ3) is 5.21. The summed E-state index contributed by atoms with van der Waals surface area (Å²) in [6, 6.07) is 8.52. The fraction of sp³-hybridized carbons (Fsp3) is 0.636. The van der Waals surface area contributed by atoms with Gasteiger partial charge in [0.1, 0.15) is 5.75 Å². The lowest BCUT2D eigenvalue weighted by molar-refractivity contribution is -0.146. The summed E-state index contributed by atoms with van der Waals surface area (Å²) in [7, 11) is 5.02. The Bertz CT molecular complexity index is 695. The van der Waals surface area contributed by atoms with Gasteiger partial charge in [0.15, 0.2) is 5.96 Å². The lowest BCUT2D eigenvalue weighted by Gasteiger charge is -2.35. The van der Waals surface area contributed by atoms with Crippen molar-refractivity contribution in [2.45, 2.75) is 31.7 Å². The number of guanidine groups is 1. The molecule has 7 nitrogen and oxygen atoms in total. The minimum atomic E-state index is -0.0992. The molecule has 7 heteroatoms. The van der Waals surface area contributed by atoms with E-state index in [0.29, 0.717) is 0 Å². The van der Waals surface area contributed by atoms with Crippen LogP contribution in [0.25, 0.3) is 0 Å². The van der Waals surface area contributed by atoms with Crippen LogP contribution in [-0.2, 0) is 9.53 Å². The van der Waals surface area contributed by atoms with Gasteiger partial charge in [0.05, 0.1) is 26.2 Å². The third-order valence-corrected chi connectivity index (χ3v) is 6.07. The summed E-state index contributed by atoms with van der Waals surface area (Å²) in [5.41, 5.74) is 1.21. The molecule has 160 valence electrons. The van der Waals surface area contributed by atoms with Crippen LogP contribution in [0.5, 0.6) is 5.75 Å². The van der Waals surface area contributed by atoms with E-state index in [-0.39, 0.29) is 17.9 Å². The molecule has 1 atom stereocenters. The number of aliphatic imine (C=N–C) groups is 1. The summed E-state index contributed by atoms with van der Waals surface area (Å²) in [4.78, 5) is 21.1. The van der Waals surface area contributed by atoms with Gasteiger partial charge in [-0.3, -0.25) is 14.7 Å². The molecule has 2 heterocycles. The Hall–Kier alpha value is -2.28. The van der Waals surface area contributed by atoms with Crippen molar-refractivity contribution in [2.24, 2.45) is 10.9 Å². The number of piperidine rings is 1. The fourth-order valence-corrected chi connectivity index (χ4v) is 4.44. The summed E-state index contributed by atoms with van der Waals surface area (Å²) >= 11 is 0. The molecule has 2 aliphatic heterocycles. The topological polar surface area (TPSA) is 66.4 Å². The van der Waals surface area contributed by atoms with Gasteiger partial charge in [-0.1, -0.05) is 18.2 Å². The molecule has 0 bridgehead atoms. The Morgan fingerprint density at radius 3 is 2.48 bits per heavy atom. The summed E-state index contributed by atoms with van der Waals surface area (Å²) in [5.74, 6) is 1.73. The number of nitrogens with zero attached hydrogens (tertiary/aromatic N) is 3. The normalized spacial score (nSPS) is 19.8. The van der Waals surface area contributed by atoms with Crippen LogP contribution in [-0.4, -0.2) is 75.7 Å². The highest BCUT2D eigenvalue weighted by molar-refractivity contribution is 5.80. The molecule has 0 saturated carbocycles. The van der Waals surface area contributed by atoms with Crippen LogP contribution in [0.15, 0.2) is 29.3 Å². The van der Waals surface area contributed by atoms with Crippen molar-refractivity contribution in [2.75, 3.05) is 54.0 Å². The number of nitrogens with one attached hydrogen (secondary N) is 1. The van der Waals surface area contributed by atoms with Crippen LogP contribution in [0.3, 0.4) is 0 Å². The van der Waals surface area contributed by atoms with Gasteiger partial charge in [0, 0.05) is 32.2 Å². The number of para-hydroxylation sites is 1. The second-order valence-corrected chi connectivity index (χ2v) is 7.71. The van der Waals surface area contributed by atoms with Gasteiger partial charge in [-0.15, -0.1) is 0 Å². The smallest absolute Gasteiger partial charge is 0.308 e. The molecule has 3 rings (SSSR count). The van der Waals surface area contributed by atoms with Crippen LogP contribution < -0.4 is 10.1 Å². The van der Waals surface area contributed by atoms with E-state index in [1.54, 1.807) is 7.11 Å². The number of hydrogen-bond acceptors (Lipinski definition) is 5. The Labute approximate surface area is 174 Å². The molecule has 2 saturated heterocycles. The Morgan fingerprint density at radius 2 is 1.86 bits per heavy atom. The molecular weight excluding hydrogens is 368 g/mol. The first-order valence-electron chi connectivity index (χ1n) is 10.6. The van der Waals surface area contributed by atoms with E-state index in [9.17, 15) is 4.79 Å². The molecule has 1 aromatic carbocycles. The van der Waals surface area contributed by atoms with Gasteiger partial charge in [-0.25, -0.2) is 0 Å². The first-order chi connectivity index (χ1) is 14.2. The van der Waals surface area contributed by atoms with Crippen molar-refractivity contribution in [3.05, 3.63) is 29.8 Å². The molecule has 0 aliphatic carbocycles. The van der Waals surface area contributed by atoms with Crippen molar-refractivity contribution < 1.29 is 14.3 Å². The number of methoxy groups -OCH3 is 2. The van der Waals surface area contributed by atoms with E-state index in [2.05, 4.69) is 32.2 Å². The second kappa shape index (κ2) is 10.5. The lowest BCUT2D eigenvalue weighted by atomic mass is 9.97. The van der Waals surface area contributed by atoms with E-state index in [4.69, 9.17) is 9.47 Å². The third-order valence-electron chi connectivity index (χ3n) is 6.07. The van der Waals surface area contributed by atoms with Crippen molar-refractivity contribution in [1.29, 1.82) is 0 Å². The molecule has 0 spiro atoms. The standard InChI is InChI=1S/C22H34N4O3/c1-23-22(26-14-10-17(11-15-26)21(27)29-3)24-16-19(25-12-6-7-13-25)18-8-4-5-9-20(18)28-2/h4-5,8-9,17,19H,6-7,10-16H2,1-3H3,(H,23,24). The maximum Gasteiger partial charge on any atom is 0.308 e. The Balaban J connectivity index is 1.66. The maximum absolute atomic E-state index is 11.8. The molecule has 0 aromatic heterocycles. The van der Waals surface area contributed by atoms with Gasteiger partial charge in [0.2, 0.25) is 0 Å². The largest absolute Gasteiger partial charge is 0.496 e. The summed E-state index contributed by atoms with van der Waals surface area (Å²) in [6.45, 7) is 4.59. The van der Waals surface area contributed by atoms with Crippen molar-refractivity contribution >= 4 is 11.9 Å². The Morgan fingerprint density at radius 1 is 1.17 bits per heavy atom. The number of benzene rings is 1. The number of esters is 1. The number of hydrogen-bond donors (Lipinski definition) is 1. The molecular formula is C22H34N4O3. The highest BCUT2D eigenvalue weighted by Crippen LogP contribution is 2.31. The minimum absolute atomic E-state index is 0.000263. The first kappa shape index (κ1) is 21.4. The second-order valence-electron chi connectivity index (χ2n) is 7.71. The van der Waals surface area contributed by atoms with Gasteiger partial charge in [0.25, 0.3) is 0 Å². The highest BCUT2D eigenvalue weighted by Gasteiger charge is 2.29. The van der Waals surface area contributed by atoms with Crippen LogP contribution in [0.2, 0.25) is 0 Å². The highest BCUT2D eigenvalue weighted by atomic mass is 16.5. The van der Waals surface area contributed by atoms with E-state index in [0.717, 1.165) is 57.3 Å². The Kier molecular flexibility index (Phi) is 7.75. The summed E-state index contributed by atoms with van der Waals surface area (Å²) < 4.78 is 10.5. The van der Waals surface area contributed by atoms with Gasteiger partial charge < -0.3 is 19.7 Å². The maximum atomic E-state index is 11.8. The monoisotopic (exact) mass is 402 g/mol. The lowest BCUT2D eigenvalue weighted by Crippen LogP contribution is -2.48. The SMILES string of the molecule is CN=C(NCC(c1ccccc1OC)N1CCCC1)N1CCC(C(=O)OC)CC1. The number of carbonyl (C=O) groups excluding carboxylic acids is 1. The number of likely N-dealkylation sites (tertiary alicyclic amines) is 2. The zero-order valence-electron chi connectivity index (χ0n) is 17.9. The molecule has 2 fully saturated rings. The predicted molar refractivity (Wildman–Crippen MR) is 114 cm³/mol. The van der Waals surface area contributed by atoms with Crippen LogP contribution in [0, 0.1) is 5.92 Å². The van der Waals surface area contributed by atoms with Crippen LogP contribution >= 0.6 is 0 Å². The number of carbonyl (C=O) groups is 1. The van der Waals surface area contributed by atoms with Crippen molar-refractivity contribution in [3.63, 3.8) is 0 Å². The summed E-state index contributed by atoms with van der Waals surface area (Å²) in [6.07, 6.45) is 4.08. The number of rotatable bonds is 6. The van der Waals surface area contributed by atoms with Crippen molar-refractivity contribution in [1.82, 2.24) is 15.1 Å². The van der Waals surface area contributed by atoms with Crippen LogP contribution in [0.4, 0.5) is 0 Å². The van der Waals surface area contributed by atoms with Gasteiger partial charge >= 0.3 is 5.97 Å². The van der Waals surface area contributed by atoms with Crippen LogP contribution in [0.1, 0.15) is 37.3 Å². The predicted octanol–water partition coefficient (Wildman–Crippen LogP) is 2.29. The molecule has 1 unspecified atom stereocenters. The molecule has 2 aliphatic rings. The van der Waals surface area contributed by atoms with Crippen molar-refractivity contribution in [3.8, 4) is 5.75 Å². The zero-order valence-corrected chi connectivity index (χ0v) is 17.9. The minimum Gasteiger partial charge on any atom is -0.496 e. The first-order valence-corrected chi connectivity index (χ1v) is 10.6. The zero-order chi connectivity index (χ0) is 20.6. The van der Waals surface area contributed by atoms with E-state index in [1.165, 1.54) is 25.5 Å². The molecule has 0 radical (unpaired) electrons. The van der Waals surface area contributed by atoms with E-state index >= 15 is 0 Å². The quantitative estimate of drug-likeness (QED) is 0.447. The molecule has 0 amide bonds. The van der Waals surface area contributed by atoms with E-state index in [1.807, 2.05) is 19.2 Å². The number of ether oxygens (including phenoxy) is 2. The molecule has 29 heavy (non-hydrogen) atoms. The summed E-state index contributed by atoms with van der Waals surface area (Å²) in [5, 5.41) is 3.59. The molecule has 1 N–H and O–H groups in total. The average molecular weight is 403 g/mol. The van der Waals surface area contributed by atoms with E-state index < -0.39 is 0 Å². The van der Waals surface area contributed by atoms with Gasteiger partial charge in [-0.05, 0) is 44.8 Å².